The summed E-state index contributed by atoms with van der Waals surface area (Å²) >= 11 is 6.69. The number of nitrogens with one attached hydrogen (secondary N) is 1. The first-order valence-electron chi connectivity index (χ1n) is 15.2. The van der Waals surface area contributed by atoms with E-state index in [4.69, 9.17) is 30.8 Å². The first-order valence-corrected chi connectivity index (χ1v) is 15.6. The van der Waals surface area contributed by atoms with E-state index in [0.717, 1.165) is 19.4 Å². The molecule has 0 spiro atoms. The Morgan fingerprint density at radius 2 is 2.09 bits per heavy atom. The van der Waals surface area contributed by atoms with Crippen LogP contribution in [0.15, 0.2) is 24.5 Å². The smallest absolute Gasteiger partial charge is 0.461 e. The van der Waals surface area contributed by atoms with Crippen molar-refractivity contribution in [3.8, 4) is 17.3 Å². The van der Waals surface area contributed by atoms with Gasteiger partial charge >= 0.3 is 12.2 Å². The fourth-order valence-electron chi connectivity index (χ4n) is 7.32. The van der Waals surface area contributed by atoms with Crippen LogP contribution in [-0.2, 0) is 9.47 Å². The van der Waals surface area contributed by atoms with Crippen LogP contribution in [0.3, 0.4) is 0 Å². The number of fused-ring (bicyclic) bond motifs is 7. The standard InChI is InChI=1S/C31H30ClF2N7O4/c32-22-10-23-20(13-36-39-23)24-19(22)5-2-9-43-30(42)45-18-4-1-7-40(15-18)28-21-12-35-27(24)25(34)26(21)37-29(38-28)44-16-31-6-3-8-41(31)14-17(33)11-31/h2,5,10,12-13,17-18H,1,3-4,6-9,11,14-16H2,(H,36,39)/b5-2-/t17-,18-,31+/m1/s1. The van der Waals surface area contributed by atoms with Crippen LogP contribution in [0.1, 0.15) is 37.7 Å². The van der Waals surface area contributed by atoms with Crippen molar-refractivity contribution in [1.29, 1.82) is 0 Å². The Morgan fingerprint density at radius 1 is 1.18 bits per heavy atom. The number of hydrogen-bond acceptors (Lipinski definition) is 10. The summed E-state index contributed by atoms with van der Waals surface area (Å²) in [6.45, 7) is 2.21. The monoisotopic (exact) mass is 637 g/mol. The molecule has 3 fully saturated rings. The van der Waals surface area contributed by atoms with Gasteiger partial charge in [0.05, 0.1) is 34.2 Å². The lowest BCUT2D eigenvalue weighted by atomic mass is 9.95. The summed E-state index contributed by atoms with van der Waals surface area (Å²) < 4.78 is 48.5. The van der Waals surface area contributed by atoms with Crippen molar-refractivity contribution < 1.29 is 27.8 Å². The maximum atomic E-state index is 16.9. The molecule has 0 radical (unpaired) electrons. The van der Waals surface area contributed by atoms with E-state index in [9.17, 15) is 9.18 Å². The molecule has 6 bridgehead atoms. The topological polar surface area (TPSA) is 119 Å². The summed E-state index contributed by atoms with van der Waals surface area (Å²) in [4.78, 5) is 30.6. The predicted molar refractivity (Wildman–Crippen MR) is 163 cm³/mol. The van der Waals surface area contributed by atoms with Crippen LogP contribution in [0, 0.1) is 5.82 Å². The van der Waals surface area contributed by atoms with Gasteiger partial charge < -0.3 is 19.1 Å². The van der Waals surface area contributed by atoms with Crippen LogP contribution in [0.25, 0.3) is 39.1 Å². The van der Waals surface area contributed by atoms with Crippen molar-refractivity contribution >= 4 is 51.5 Å². The van der Waals surface area contributed by atoms with Crippen molar-refractivity contribution in [2.24, 2.45) is 0 Å². The van der Waals surface area contributed by atoms with Gasteiger partial charge in [-0.15, -0.1) is 0 Å². The van der Waals surface area contributed by atoms with Gasteiger partial charge in [-0.2, -0.15) is 15.1 Å². The van der Waals surface area contributed by atoms with Gasteiger partial charge in [-0.3, -0.25) is 15.0 Å². The minimum atomic E-state index is -0.919. The van der Waals surface area contributed by atoms with Gasteiger partial charge in [-0.05, 0) is 44.4 Å². The number of piperidine rings is 1. The van der Waals surface area contributed by atoms with Crippen LogP contribution in [0.2, 0.25) is 5.02 Å². The molecule has 3 aromatic heterocycles. The molecule has 4 aromatic rings. The molecule has 1 N–H and O–H groups in total. The minimum absolute atomic E-state index is 0.0136. The first kappa shape index (κ1) is 28.4. The van der Waals surface area contributed by atoms with Crippen LogP contribution < -0.4 is 9.64 Å². The quantitative estimate of drug-likeness (QED) is 0.290. The molecule has 0 saturated carbocycles. The molecule has 5 aliphatic rings. The number of pyridine rings is 1. The van der Waals surface area contributed by atoms with Crippen molar-refractivity contribution in [3.63, 3.8) is 0 Å². The van der Waals surface area contributed by atoms with Gasteiger partial charge in [0.15, 0.2) is 5.82 Å². The number of hydrogen-bond donors (Lipinski definition) is 1. The number of ether oxygens (including phenoxy) is 3. The summed E-state index contributed by atoms with van der Waals surface area (Å²) in [5, 5.41) is 8.33. The molecule has 8 heterocycles. The van der Waals surface area contributed by atoms with E-state index >= 15 is 4.39 Å². The minimum Gasteiger partial charge on any atom is -0.461 e. The predicted octanol–water partition coefficient (Wildman–Crippen LogP) is 5.46. The maximum Gasteiger partial charge on any atom is 0.508 e. The molecule has 234 valence electrons. The molecule has 14 heteroatoms. The Balaban J connectivity index is 1.30. The summed E-state index contributed by atoms with van der Waals surface area (Å²) in [7, 11) is 0. The Hall–Kier alpha value is -4.10. The number of anilines is 1. The number of rotatable bonds is 3. The highest BCUT2D eigenvalue weighted by molar-refractivity contribution is 6.33. The molecular weight excluding hydrogens is 608 g/mol. The molecule has 0 aliphatic carbocycles. The Kier molecular flexibility index (Phi) is 6.97. The number of carbonyl (C=O) groups is 1. The zero-order valence-corrected chi connectivity index (χ0v) is 25.0. The van der Waals surface area contributed by atoms with E-state index in [1.807, 2.05) is 4.90 Å². The molecule has 3 saturated heterocycles. The SMILES string of the molecule is O=C1OC/C=C\c2c(Cl)cc3[nH]ncc3c2-c2ncc3c(nc(OC[C@@]45CCCN4C[C@H](F)C5)nc3c2F)N2CCC[C@H](C2)O1. The number of H-pyrrole nitrogens is 1. The fraction of sp³-hybridized carbons (Fsp3) is 0.452. The van der Waals surface area contributed by atoms with Crippen molar-refractivity contribution in [3.05, 3.63) is 40.9 Å². The molecular formula is C31H30ClF2N7O4. The van der Waals surface area contributed by atoms with E-state index in [-0.39, 0.29) is 30.4 Å². The number of aromatic amines is 1. The largest absolute Gasteiger partial charge is 0.508 e. The van der Waals surface area contributed by atoms with Crippen LogP contribution in [0.4, 0.5) is 19.4 Å². The lowest BCUT2D eigenvalue weighted by Gasteiger charge is -2.34. The molecule has 0 unspecified atom stereocenters. The summed E-state index contributed by atoms with van der Waals surface area (Å²) in [6.07, 6.45) is 7.71. The van der Waals surface area contributed by atoms with Gasteiger partial charge in [0.1, 0.15) is 42.5 Å². The van der Waals surface area contributed by atoms with Gasteiger partial charge in [-0.25, -0.2) is 13.6 Å². The normalized spacial score (nSPS) is 25.8. The second-order valence-corrected chi connectivity index (χ2v) is 12.6. The molecule has 9 rings (SSSR count). The molecule has 1 aromatic carbocycles. The lowest BCUT2D eigenvalue weighted by molar-refractivity contribution is 0.0248. The average molecular weight is 638 g/mol. The zero-order valence-electron chi connectivity index (χ0n) is 24.3. The van der Waals surface area contributed by atoms with Crippen LogP contribution in [-0.4, -0.2) is 93.4 Å². The summed E-state index contributed by atoms with van der Waals surface area (Å²) in [6, 6.07) is 1.68. The Labute approximate surface area is 261 Å². The molecule has 45 heavy (non-hydrogen) atoms. The number of nitrogens with zero attached hydrogens (tertiary/aromatic N) is 6. The Morgan fingerprint density at radius 3 is 3.00 bits per heavy atom. The third-order valence-corrected chi connectivity index (χ3v) is 9.68. The third-order valence-electron chi connectivity index (χ3n) is 9.37. The van der Waals surface area contributed by atoms with Crippen molar-refractivity contribution in [2.75, 3.05) is 44.3 Å². The van der Waals surface area contributed by atoms with Gasteiger partial charge in [0.25, 0.3) is 0 Å². The highest BCUT2D eigenvalue weighted by Gasteiger charge is 2.49. The third kappa shape index (κ3) is 4.92. The van der Waals surface area contributed by atoms with Gasteiger partial charge in [0, 0.05) is 42.2 Å². The van der Waals surface area contributed by atoms with E-state index in [2.05, 4.69) is 25.1 Å². The number of carbonyl (C=O) groups excluding carboxylic acids is 1. The molecule has 3 atom stereocenters. The maximum absolute atomic E-state index is 16.9. The lowest BCUT2D eigenvalue weighted by Crippen LogP contribution is -2.43. The molecule has 5 aliphatic heterocycles. The summed E-state index contributed by atoms with van der Waals surface area (Å²) in [5.41, 5.74) is 1.07. The molecule has 0 amide bonds. The number of alkyl halides is 1. The van der Waals surface area contributed by atoms with E-state index in [1.165, 1.54) is 0 Å². The highest BCUT2D eigenvalue weighted by atomic mass is 35.5. The highest BCUT2D eigenvalue weighted by Crippen LogP contribution is 2.42. The van der Waals surface area contributed by atoms with Crippen molar-refractivity contribution in [2.45, 2.75) is 49.9 Å². The zero-order chi connectivity index (χ0) is 30.7. The number of aromatic nitrogens is 5. The number of benzene rings is 1. The van der Waals surface area contributed by atoms with Gasteiger partial charge in [-0.1, -0.05) is 17.7 Å². The van der Waals surface area contributed by atoms with Crippen LogP contribution in [0.5, 0.6) is 6.01 Å². The average Bonchev–Trinajstić information content (AvgIpc) is 3.72. The second kappa shape index (κ2) is 11.1. The van der Waals surface area contributed by atoms with E-state index < -0.39 is 29.8 Å². The van der Waals surface area contributed by atoms with Gasteiger partial charge in [0.2, 0.25) is 0 Å². The van der Waals surface area contributed by atoms with Crippen molar-refractivity contribution in [1.82, 2.24) is 30.0 Å². The second-order valence-electron chi connectivity index (χ2n) is 12.1. The van der Waals surface area contributed by atoms with E-state index in [0.29, 0.717) is 77.2 Å². The number of halogens is 3. The summed E-state index contributed by atoms with van der Waals surface area (Å²) in [5.74, 6) is -0.258. The Bertz CT molecular complexity index is 1850. The first-order chi connectivity index (χ1) is 21.9. The van der Waals surface area contributed by atoms with E-state index in [1.54, 1.807) is 30.6 Å². The molecule has 11 nitrogen and oxygen atoms in total. The van der Waals surface area contributed by atoms with Crippen LogP contribution >= 0.6 is 11.6 Å². The fourth-order valence-corrected chi connectivity index (χ4v) is 7.59.